The van der Waals surface area contributed by atoms with Crippen LogP contribution >= 0.6 is 12.4 Å². The number of hydrogen-bond donors (Lipinski definition) is 2. The van der Waals surface area contributed by atoms with Crippen molar-refractivity contribution < 1.29 is 5.11 Å². The van der Waals surface area contributed by atoms with Crippen LogP contribution in [0.4, 0.5) is 0 Å². The molecule has 0 radical (unpaired) electrons. The molecule has 3 N–H and O–H groups in total. The molecule has 2 rings (SSSR count). The van der Waals surface area contributed by atoms with E-state index in [9.17, 15) is 0 Å². The van der Waals surface area contributed by atoms with E-state index in [0.29, 0.717) is 24.0 Å². The standard InChI is InChI=1S/C10H19NO.ClH/c11-9-1-3-10(4-2-9)5-8(6-10)7-12;/h8-9,12H,1-7,11H2;1H. The average molecular weight is 206 g/mol. The van der Waals surface area contributed by atoms with Crippen LogP contribution in [0.25, 0.3) is 0 Å². The Kier molecular flexibility index (Phi) is 3.61. The van der Waals surface area contributed by atoms with Crippen LogP contribution < -0.4 is 5.73 Å². The SMILES string of the molecule is Cl.NC1CCC2(CC1)CC(CO)C2. The minimum Gasteiger partial charge on any atom is -0.396 e. The lowest BCUT2D eigenvalue weighted by atomic mass is 9.55. The van der Waals surface area contributed by atoms with Crippen molar-refractivity contribution in [1.29, 1.82) is 0 Å². The molecule has 3 heteroatoms. The van der Waals surface area contributed by atoms with Gasteiger partial charge >= 0.3 is 0 Å². The van der Waals surface area contributed by atoms with Gasteiger partial charge in [-0.15, -0.1) is 12.4 Å². The van der Waals surface area contributed by atoms with E-state index in [0.717, 1.165) is 0 Å². The number of rotatable bonds is 1. The van der Waals surface area contributed by atoms with Crippen LogP contribution in [0.2, 0.25) is 0 Å². The van der Waals surface area contributed by atoms with Crippen molar-refractivity contribution in [2.75, 3.05) is 6.61 Å². The highest BCUT2D eigenvalue weighted by molar-refractivity contribution is 5.85. The van der Waals surface area contributed by atoms with Gasteiger partial charge in [0.1, 0.15) is 0 Å². The normalized spacial score (nSPS) is 43.8. The third kappa shape index (κ3) is 2.17. The van der Waals surface area contributed by atoms with Crippen LogP contribution in [0.1, 0.15) is 38.5 Å². The predicted molar refractivity (Wildman–Crippen MR) is 55.9 cm³/mol. The molecule has 0 atom stereocenters. The first-order valence-electron chi connectivity index (χ1n) is 5.11. The van der Waals surface area contributed by atoms with Gasteiger partial charge in [0.25, 0.3) is 0 Å². The predicted octanol–water partition coefficient (Wildman–Crippen LogP) is 1.70. The Morgan fingerprint density at radius 1 is 1.23 bits per heavy atom. The highest BCUT2D eigenvalue weighted by Crippen LogP contribution is 2.54. The van der Waals surface area contributed by atoms with E-state index in [-0.39, 0.29) is 12.4 Å². The van der Waals surface area contributed by atoms with Crippen molar-refractivity contribution in [2.24, 2.45) is 17.1 Å². The molecule has 2 nitrogen and oxygen atoms in total. The molecule has 78 valence electrons. The molecule has 0 aromatic rings. The fraction of sp³-hybridized carbons (Fsp3) is 1.00. The average Bonchev–Trinajstić information content (AvgIpc) is 2.02. The first-order chi connectivity index (χ1) is 5.74. The maximum atomic E-state index is 8.93. The maximum Gasteiger partial charge on any atom is 0.0459 e. The lowest BCUT2D eigenvalue weighted by Crippen LogP contribution is -2.44. The highest BCUT2D eigenvalue weighted by Gasteiger charge is 2.44. The van der Waals surface area contributed by atoms with Crippen molar-refractivity contribution in [3.8, 4) is 0 Å². The molecule has 13 heavy (non-hydrogen) atoms. The smallest absolute Gasteiger partial charge is 0.0459 e. The summed E-state index contributed by atoms with van der Waals surface area (Å²) in [6.45, 7) is 0.397. The van der Waals surface area contributed by atoms with Gasteiger partial charge in [-0.1, -0.05) is 0 Å². The quantitative estimate of drug-likeness (QED) is 0.685. The molecular formula is C10H20ClNO. The number of aliphatic hydroxyl groups excluding tert-OH is 1. The third-order valence-electron chi connectivity index (χ3n) is 3.79. The lowest BCUT2D eigenvalue weighted by Gasteiger charge is -2.51. The molecule has 0 bridgehead atoms. The number of hydrogen-bond acceptors (Lipinski definition) is 2. The van der Waals surface area contributed by atoms with E-state index < -0.39 is 0 Å². The van der Waals surface area contributed by atoms with Gasteiger partial charge in [0, 0.05) is 12.6 Å². The van der Waals surface area contributed by atoms with Gasteiger partial charge in [0.05, 0.1) is 0 Å². The second-order valence-electron chi connectivity index (χ2n) is 4.79. The zero-order valence-electron chi connectivity index (χ0n) is 8.04. The minimum absolute atomic E-state index is 0. The first kappa shape index (κ1) is 11.3. The van der Waals surface area contributed by atoms with Gasteiger partial charge < -0.3 is 10.8 Å². The molecule has 2 fully saturated rings. The summed E-state index contributed by atoms with van der Waals surface area (Å²) in [7, 11) is 0. The summed E-state index contributed by atoms with van der Waals surface area (Å²) in [5.74, 6) is 0.610. The molecular weight excluding hydrogens is 186 g/mol. The van der Waals surface area contributed by atoms with Gasteiger partial charge in [-0.05, 0) is 49.9 Å². The second-order valence-corrected chi connectivity index (χ2v) is 4.79. The fourth-order valence-corrected chi connectivity index (χ4v) is 2.95. The van der Waals surface area contributed by atoms with Crippen LogP contribution in [-0.2, 0) is 0 Å². The van der Waals surface area contributed by atoms with Crippen LogP contribution in [-0.4, -0.2) is 17.8 Å². The van der Waals surface area contributed by atoms with Crippen molar-refractivity contribution >= 4 is 12.4 Å². The summed E-state index contributed by atoms with van der Waals surface area (Å²) in [5, 5.41) is 8.93. The molecule has 1 spiro atoms. The van der Waals surface area contributed by atoms with Crippen LogP contribution in [0.5, 0.6) is 0 Å². The first-order valence-corrected chi connectivity index (χ1v) is 5.11. The van der Waals surface area contributed by atoms with Crippen LogP contribution in [0.3, 0.4) is 0 Å². The fourth-order valence-electron chi connectivity index (χ4n) is 2.95. The van der Waals surface area contributed by atoms with E-state index in [2.05, 4.69) is 0 Å². The monoisotopic (exact) mass is 205 g/mol. The summed E-state index contributed by atoms with van der Waals surface area (Å²) < 4.78 is 0. The summed E-state index contributed by atoms with van der Waals surface area (Å²) >= 11 is 0. The number of nitrogens with two attached hydrogens (primary N) is 1. The minimum atomic E-state index is 0. The Morgan fingerprint density at radius 2 is 1.77 bits per heavy atom. The Labute approximate surface area is 86.3 Å². The Morgan fingerprint density at radius 3 is 2.23 bits per heavy atom. The lowest BCUT2D eigenvalue weighted by molar-refractivity contribution is -0.0164. The molecule has 0 unspecified atom stereocenters. The molecule has 0 heterocycles. The maximum absolute atomic E-state index is 8.93. The van der Waals surface area contributed by atoms with Crippen molar-refractivity contribution in [3.63, 3.8) is 0 Å². The highest BCUT2D eigenvalue weighted by atomic mass is 35.5. The van der Waals surface area contributed by atoms with E-state index in [1.165, 1.54) is 38.5 Å². The van der Waals surface area contributed by atoms with Crippen LogP contribution in [0.15, 0.2) is 0 Å². The van der Waals surface area contributed by atoms with E-state index in [4.69, 9.17) is 10.8 Å². The molecule has 2 saturated carbocycles. The number of aliphatic hydroxyl groups is 1. The van der Waals surface area contributed by atoms with Crippen molar-refractivity contribution in [2.45, 2.75) is 44.6 Å². The topological polar surface area (TPSA) is 46.2 Å². The third-order valence-corrected chi connectivity index (χ3v) is 3.79. The molecule has 2 aliphatic carbocycles. The zero-order chi connectivity index (χ0) is 8.60. The van der Waals surface area contributed by atoms with Gasteiger partial charge in [-0.25, -0.2) is 0 Å². The second kappa shape index (κ2) is 4.16. The summed E-state index contributed by atoms with van der Waals surface area (Å²) in [6.07, 6.45) is 7.55. The summed E-state index contributed by atoms with van der Waals surface area (Å²) in [5.41, 5.74) is 6.47. The van der Waals surface area contributed by atoms with Gasteiger partial charge in [-0.2, -0.15) is 0 Å². The number of halogens is 1. The van der Waals surface area contributed by atoms with Crippen molar-refractivity contribution in [1.82, 2.24) is 0 Å². The zero-order valence-corrected chi connectivity index (χ0v) is 8.85. The largest absolute Gasteiger partial charge is 0.396 e. The van der Waals surface area contributed by atoms with Crippen molar-refractivity contribution in [3.05, 3.63) is 0 Å². The summed E-state index contributed by atoms with van der Waals surface area (Å²) in [4.78, 5) is 0. The van der Waals surface area contributed by atoms with E-state index in [1.807, 2.05) is 0 Å². The van der Waals surface area contributed by atoms with E-state index in [1.54, 1.807) is 0 Å². The molecule has 2 aliphatic rings. The van der Waals surface area contributed by atoms with E-state index >= 15 is 0 Å². The molecule has 0 aromatic heterocycles. The Bertz CT molecular complexity index is 151. The van der Waals surface area contributed by atoms with Crippen LogP contribution in [0, 0.1) is 11.3 Å². The van der Waals surface area contributed by atoms with Gasteiger partial charge in [0.2, 0.25) is 0 Å². The van der Waals surface area contributed by atoms with Gasteiger partial charge in [-0.3, -0.25) is 0 Å². The van der Waals surface area contributed by atoms with Gasteiger partial charge in [0.15, 0.2) is 0 Å². The Hall–Kier alpha value is 0.210. The molecule has 0 aromatic carbocycles. The molecule has 0 amide bonds. The molecule has 0 aliphatic heterocycles. The molecule has 0 saturated heterocycles. The summed E-state index contributed by atoms with van der Waals surface area (Å²) in [6, 6.07) is 0.462. The Balaban J connectivity index is 0.000000845.